The van der Waals surface area contributed by atoms with Crippen LogP contribution in [0.2, 0.25) is 0 Å². The summed E-state index contributed by atoms with van der Waals surface area (Å²) in [5.74, 6) is -0.663. The number of rotatable bonds is 3. The van der Waals surface area contributed by atoms with Gasteiger partial charge in [0.15, 0.2) is 0 Å². The van der Waals surface area contributed by atoms with Crippen LogP contribution in [0.15, 0.2) is 0 Å². The third-order valence-electron chi connectivity index (χ3n) is 4.50. The van der Waals surface area contributed by atoms with Gasteiger partial charge in [0, 0.05) is 5.54 Å². The SMILES string of the molecule is CC(C)(C)OC(=O)CN(C(=O)OC(C)(C)C)C12CC(C(F)(F)F)(C1)C2. The van der Waals surface area contributed by atoms with E-state index >= 15 is 0 Å². The fraction of sp³-hybridized carbons (Fsp3) is 0.882. The van der Waals surface area contributed by atoms with Crippen molar-refractivity contribution in [2.45, 2.75) is 83.7 Å². The second kappa shape index (κ2) is 5.51. The number of alkyl halides is 3. The Morgan fingerprint density at radius 3 is 1.72 bits per heavy atom. The maximum absolute atomic E-state index is 13.1. The fourth-order valence-electron chi connectivity index (χ4n) is 3.57. The lowest BCUT2D eigenvalue weighted by atomic mass is 9.38. The molecule has 0 aromatic rings. The van der Waals surface area contributed by atoms with Gasteiger partial charge in [-0.1, -0.05) is 0 Å². The predicted molar refractivity (Wildman–Crippen MR) is 83.9 cm³/mol. The molecule has 0 saturated heterocycles. The molecule has 0 aromatic heterocycles. The Bertz CT molecular complexity index is 552. The number of amides is 1. The minimum Gasteiger partial charge on any atom is -0.459 e. The molecule has 0 aromatic carbocycles. The van der Waals surface area contributed by atoms with Crippen molar-refractivity contribution in [1.29, 1.82) is 0 Å². The molecule has 2 bridgehead atoms. The van der Waals surface area contributed by atoms with Crippen LogP contribution in [0, 0.1) is 5.41 Å². The first kappa shape index (κ1) is 19.8. The number of hydrogen-bond acceptors (Lipinski definition) is 4. The van der Waals surface area contributed by atoms with Crippen molar-refractivity contribution in [2.75, 3.05) is 6.54 Å². The Labute approximate surface area is 145 Å². The largest absolute Gasteiger partial charge is 0.459 e. The molecule has 0 spiro atoms. The summed E-state index contributed by atoms with van der Waals surface area (Å²) in [5.41, 5.74) is -4.24. The molecule has 3 fully saturated rings. The van der Waals surface area contributed by atoms with Gasteiger partial charge in [0.25, 0.3) is 0 Å². The summed E-state index contributed by atoms with van der Waals surface area (Å²) in [6.07, 6.45) is -5.64. The smallest absolute Gasteiger partial charge is 0.411 e. The average molecular weight is 365 g/mol. The van der Waals surface area contributed by atoms with E-state index in [0.717, 1.165) is 4.90 Å². The van der Waals surface area contributed by atoms with Crippen LogP contribution in [0.1, 0.15) is 60.8 Å². The summed E-state index contributed by atoms with van der Waals surface area (Å²) in [5, 5.41) is 0. The summed E-state index contributed by atoms with van der Waals surface area (Å²) in [7, 11) is 0. The molecule has 5 nitrogen and oxygen atoms in total. The van der Waals surface area contributed by atoms with Crippen LogP contribution < -0.4 is 0 Å². The molecule has 0 N–H and O–H groups in total. The molecule has 0 aliphatic heterocycles. The van der Waals surface area contributed by atoms with Crippen LogP contribution in [-0.2, 0) is 14.3 Å². The van der Waals surface area contributed by atoms with Crippen LogP contribution in [0.3, 0.4) is 0 Å². The number of carbonyl (C=O) groups is 2. The first-order valence-electron chi connectivity index (χ1n) is 8.28. The van der Waals surface area contributed by atoms with Crippen molar-refractivity contribution in [3.05, 3.63) is 0 Å². The highest BCUT2D eigenvalue weighted by Gasteiger charge is 2.81. The molecule has 3 rings (SSSR count). The molecule has 8 heteroatoms. The van der Waals surface area contributed by atoms with E-state index in [2.05, 4.69) is 0 Å². The molecule has 1 amide bonds. The Morgan fingerprint density at radius 2 is 1.36 bits per heavy atom. The zero-order chi connectivity index (χ0) is 19.5. The molecule has 25 heavy (non-hydrogen) atoms. The van der Waals surface area contributed by atoms with E-state index in [1.165, 1.54) is 0 Å². The van der Waals surface area contributed by atoms with Gasteiger partial charge in [0.2, 0.25) is 0 Å². The van der Waals surface area contributed by atoms with E-state index in [-0.39, 0.29) is 19.3 Å². The number of esters is 1. The molecule has 3 aliphatic rings. The maximum Gasteiger partial charge on any atom is 0.411 e. The maximum atomic E-state index is 13.1. The third kappa shape index (κ3) is 3.87. The first-order valence-corrected chi connectivity index (χ1v) is 8.28. The number of nitrogens with zero attached hydrogens (tertiary/aromatic N) is 1. The zero-order valence-electron chi connectivity index (χ0n) is 15.5. The van der Waals surface area contributed by atoms with Crippen molar-refractivity contribution in [3.8, 4) is 0 Å². The minimum absolute atomic E-state index is 0.189. The minimum atomic E-state index is -4.29. The van der Waals surface area contributed by atoms with Crippen molar-refractivity contribution >= 4 is 12.1 Å². The lowest BCUT2D eigenvalue weighted by molar-refractivity contribution is -0.357. The van der Waals surface area contributed by atoms with E-state index in [1.807, 2.05) is 0 Å². The van der Waals surface area contributed by atoms with E-state index in [9.17, 15) is 22.8 Å². The predicted octanol–water partition coefficient (Wildman–Crippen LogP) is 4.05. The molecule has 0 unspecified atom stereocenters. The van der Waals surface area contributed by atoms with E-state index in [4.69, 9.17) is 9.47 Å². The molecular formula is C17H26F3NO4. The first-order chi connectivity index (χ1) is 11.0. The van der Waals surface area contributed by atoms with Crippen LogP contribution >= 0.6 is 0 Å². The molecule has 0 heterocycles. The van der Waals surface area contributed by atoms with Crippen molar-refractivity contribution in [2.24, 2.45) is 5.41 Å². The van der Waals surface area contributed by atoms with Crippen molar-refractivity contribution < 1.29 is 32.2 Å². The lowest BCUT2D eigenvalue weighted by Crippen LogP contribution is -2.79. The second-order valence-electron chi connectivity index (χ2n) is 9.19. The van der Waals surface area contributed by atoms with Crippen LogP contribution in [-0.4, -0.2) is 46.4 Å². The number of carbonyl (C=O) groups excluding carboxylic acids is 2. The Morgan fingerprint density at radius 1 is 0.920 bits per heavy atom. The Kier molecular flexibility index (Phi) is 4.38. The van der Waals surface area contributed by atoms with Gasteiger partial charge >= 0.3 is 18.2 Å². The van der Waals surface area contributed by atoms with Gasteiger partial charge in [-0.15, -0.1) is 0 Å². The highest BCUT2D eigenvalue weighted by molar-refractivity contribution is 5.79. The van der Waals surface area contributed by atoms with E-state index in [0.29, 0.717) is 0 Å². The monoisotopic (exact) mass is 365 g/mol. The Hall–Kier alpha value is -1.47. The lowest BCUT2D eigenvalue weighted by Gasteiger charge is -2.72. The molecule has 0 radical (unpaired) electrons. The van der Waals surface area contributed by atoms with E-state index in [1.54, 1.807) is 41.5 Å². The molecule has 0 atom stereocenters. The molecule has 144 valence electrons. The van der Waals surface area contributed by atoms with Gasteiger partial charge in [-0.05, 0) is 60.8 Å². The van der Waals surface area contributed by atoms with Gasteiger partial charge in [0.1, 0.15) is 17.7 Å². The molecular weight excluding hydrogens is 339 g/mol. The fourth-order valence-corrected chi connectivity index (χ4v) is 3.57. The van der Waals surface area contributed by atoms with Crippen LogP contribution in [0.4, 0.5) is 18.0 Å². The van der Waals surface area contributed by atoms with Crippen LogP contribution in [0.5, 0.6) is 0 Å². The van der Waals surface area contributed by atoms with Crippen molar-refractivity contribution in [3.63, 3.8) is 0 Å². The highest BCUT2D eigenvalue weighted by Crippen LogP contribution is 2.75. The highest BCUT2D eigenvalue weighted by atomic mass is 19.4. The van der Waals surface area contributed by atoms with Gasteiger partial charge in [-0.2, -0.15) is 13.2 Å². The van der Waals surface area contributed by atoms with Gasteiger partial charge < -0.3 is 9.47 Å². The average Bonchev–Trinajstić information content (AvgIpc) is 2.15. The Balaban J connectivity index is 2.13. The standard InChI is InChI=1S/C17H26F3NO4/c1-13(2,3)24-11(22)7-21(12(23)25-14(4,5)6)16-8-15(9-16,10-16)17(18,19)20/h7-10H2,1-6H3. The number of ether oxygens (including phenoxy) is 2. The van der Waals surface area contributed by atoms with Gasteiger partial charge in [0.05, 0.1) is 5.41 Å². The molecule has 3 saturated carbocycles. The summed E-state index contributed by atoms with van der Waals surface area (Å²) >= 11 is 0. The quantitative estimate of drug-likeness (QED) is 0.708. The third-order valence-corrected chi connectivity index (χ3v) is 4.50. The summed E-state index contributed by atoms with van der Waals surface area (Å²) in [6.45, 7) is 9.62. The topological polar surface area (TPSA) is 55.8 Å². The normalized spacial score (nSPS) is 28.5. The molecule has 3 aliphatic carbocycles. The summed E-state index contributed by atoms with van der Waals surface area (Å²) < 4.78 is 49.8. The van der Waals surface area contributed by atoms with E-state index < -0.39 is 46.9 Å². The summed E-state index contributed by atoms with van der Waals surface area (Å²) in [4.78, 5) is 25.7. The van der Waals surface area contributed by atoms with Gasteiger partial charge in [-0.25, -0.2) is 4.79 Å². The zero-order valence-corrected chi connectivity index (χ0v) is 15.5. The second-order valence-corrected chi connectivity index (χ2v) is 9.19. The van der Waals surface area contributed by atoms with Gasteiger partial charge in [-0.3, -0.25) is 9.69 Å². The number of halogens is 3. The van der Waals surface area contributed by atoms with Crippen molar-refractivity contribution in [1.82, 2.24) is 4.90 Å². The number of hydrogen-bond donors (Lipinski definition) is 0. The summed E-state index contributed by atoms with van der Waals surface area (Å²) in [6, 6.07) is 0. The van der Waals surface area contributed by atoms with Crippen LogP contribution in [0.25, 0.3) is 0 Å².